The van der Waals surface area contributed by atoms with Gasteiger partial charge in [0.15, 0.2) is 6.20 Å². The van der Waals surface area contributed by atoms with Crippen LogP contribution in [0.5, 0.6) is 0 Å². The van der Waals surface area contributed by atoms with E-state index >= 15 is 0 Å². The van der Waals surface area contributed by atoms with E-state index in [0.717, 1.165) is 0 Å². The highest BCUT2D eigenvalue weighted by Gasteiger charge is 2.21. The first kappa shape index (κ1) is 14.6. The first-order valence-electron chi connectivity index (χ1n) is 8.52. The van der Waals surface area contributed by atoms with Crippen LogP contribution in [0.3, 0.4) is 0 Å². The largest absolute Gasteiger partial charge is 0.221 e. The summed E-state index contributed by atoms with van der Waals surface area (Å²) in [4.78, 5) is 0. The number of aryl methyl sites for hydroxylation is 2. The van der Waals surface area contributed by atoms with Crippen LogP contribution in [-0.4, -0.2) is 0 Å². The molecule has 0 saturated heterocycles. The van der Waals surface area contributed by atoms with Crippen molar-refractivity contribution in [1.29, 1.82) is 0 Å². The highest BCUT2D eigenvalue weighted by atomic mass is 32.1. The molecule has 1 nitrogen and oxygen atoms in total. The van der Waals surface area contributed by atoms with Crippen LogP contribution < -0.4 is 4.57 Å². The fraction of sp³-hybridized carbons (Fsp3) is 0.0870. The van der Waals surface area contributed by atoms with Gasteiger partial charge in [-0.15, -0.1) is 11.3 Å². The lowest BCUT2D eigenvalue weighted by Gasteiger charge is -2.07. The quantitative estimate of drug-likeness (QED) is 0.329. The molecule has 0 aliphatic rings. The summed E-state index contributed by atoms with van der Waals surface area (Å²) in [5.74, 6) is 0. The van der Waals surface area contributed by atoms with Gasteiger partial charge in [-0.25, -0.2) is 4.57 Å². The summed E-state index contributed by atoms with van der Waals surface area (Å²) in [6, 6.07) is 24.1. The summed E-state index contributed by atoms with van der Waals surface area (Å²) in [7, 11) is 2.15. The smallest absolute Gasteiger partial charge is 0.200 e. The van der Waals surface area contributed by atoms with Crippen LogP contribution in [0.1, 0.15) is 5.56 Å². The molecule has 0 aliphatic heterocycles. The highest BCUT2D eigenvalue weighted by molar-refractivity contribution is 7.26. The minimum Gasteiger partial charge on any atom is -0.200 e. The van der Waals surface area contributed by atoms with Crippen LogP contribution in [-0.2, 0) is 7.05 Å². The maximum Gasteiger partial charge on any atom is 0.221 e. The Kier molecular flexibility index (Phi) is 3.16. The second kappa shape index (κ2) is 5.40. The Morgan fingerprint density at radius 2 is 1.52 bits per heavy atom. The third-order valence-corrected chi connectivity index (χ3v) is 6.17. The maximum atomic E-state index is 2.27. The number of nitrogens with zero attached hydrogens (tertiary/aromatic N) is 1. The molecular formula is C23H18NS+. The molecule has 2 aromatic heterocycles. The predicted molar refractivity (Wildman–Crippen MR) is 108 cm³/mol. The normalized spacial score (nSPS) is 11.6. The Bertz CT molecular complexity index is 1260. The summed E-state index contributed by atoms with van der Waals surface area (Å²) in [5, 5.41) is 5.40. The number of thiophene rings is 1. The molecule has 0 fully saturated rings. The fourth-order valence-corrected chi connectivity index (χ4v) is 4.95. The van der Waals surface area contributed by atoms with Gasteiger partial charge >= 0.3 is 0 Å². The Balaban J connectivity index is 2.06. The van der Waals surface area contributed by atoms with Crippen molar-refractivity contribution < 1.29 is 4.57 Å². The van der Waals surface area contributed by atoms with Crippen molar-refractivity contribution in [2.75, 3.05) is 0 Å². The van der Waals surface area contributed by atoms with Crippen LogP contribution >= 0.6 is 11.3 Å². The molecule has 0 N–H and O–H groups in total. The van der Waals surface area contributed by atoms with Crippen molar-refractivity contribution in [2.24, 2.45) is 7.05 Å². The molecule has 0 spiro atoms. The Labute approximate surface area is 150 Å². The van der Waals surface area contributed by atoms with Gasteiger partial charge in [0.1, 0.15) is 7.05 Å². The summed E-state index contributed by atoms with van der Waals surface area (Å²) >= 11 is 1.89. The van der Waals surface area contributed by atoms with E-state index in [1.54, 1.807) is 0 Å². The van der Waals surface area contributed by atoms with Crippen molar-refractivity contribution in [3.8, 4) is 11.3 Å². The van der Waals surface area contributed by atoms with E-state index in [2.05, 4.69) is 91.5 Å². The van der Waals surface area contributed by atoms with Gasteiger partial charge in [0, 0.05) is 26.4 Å². The highest BCUT2D eigenvalue weighted by Crippen LogP contribution is 2.42. The number of benzene rings is 3. The van der Waals surface area contributed by atoms with Crippen LogP contribution in [0.25, 0.3) is 42.2 Å². The van der Waals surface area contributed by atoms with E-state index in [4.69, 9.17) is 0 Å². The number of fused-ring (bicyclic) bond motifs is 5. The lowest BCUT2D eigenvalue weighted by atomic mass is 9.98. The first-order chi connectivity index (χ1) is 12.2. The Hall–Kier alpha value is -2.71. The Morgan fingerprint density at radius 1 is 0.760 bits per heavy atom. The van der Waals surface area contributed by atoms with Crippen molar-refractivity contribution in [3.05, 3.63) is 78.5 Å². The zero-order valence-corrected chi connectivity index (χ0v) is 15.1. The topological polar surface area (TPSA) is 3.88 Å². The molecule has 0 bridgehead atoms. The number of hydrogen-bond donors (Lipinski definition) is 0. The average molecular weight is 340 g/mol. The second-order valence-electron chi connectivity index (χ2n) is 6.59. The zero-order chi connectivity index (χ0) is 17.0. The van der Waals surface area contributed by atoms with Crippen molar-refractivity contribution in [2.45, 2.75) is 6.92 Å². The van der Waals surface area contributed by atoms with Gasteiger partial charge in [-0.05, 0) is 35.4 Å². The second-order valence-corrected chi connectivity index (χ2v) is 7.68. The molecular weight excluding hydrogens is 322 g/mol. The summed E-state index contributed by atoms with van der Waals surface area (Å²) in [6.07, 6.45) is 2.18. The van der Waals surface area contributed by atoms with Gasteiger partial charge < -0.3 is 0 Å². The molecule has 0 saturated carbocycles. The predicted octanol–water partition coefficient (Wildman–Crippen LogP) is 6.01. The van der Waals surface area contributed by atoms with E-state index in [1.807, 2.05) is 11.3 Å². The molecule has 0 unspecified atom stereocenters. The van der Waals surface area contributed by atoms with Crippen molar-refractivity contribution in [3.63, 3.8) is 0 Å². The molecule has 120 valence electrons. The fourth-order valence-electron chi connectivity index (χ4n) is 3.83. The lowest BCUT2D eigenvalue weighted by molar-refractivity contribution is -0.659. The van der Waals surface area contributed by atoms with Gasteiger partial charge in [-0.1, -0.05) is 48.5 Å². The summed E-state index contributed by atoms with van der Waals surface area (Å²) in [5.41, 5.74) is 3.92. The molecule has 0 radical (unpaired) electrons. The van der Waals surface area contributed by atoms with Gasteiger partial charge in [0.25, 0.3) is 0 Å². The van der Waals surface area contributed by atoms with E-state index in [1.165, 1.54) is 47.8 Å². The maximum absolute atomic E-state index is 2.27. The first-order valence-corrected chi connectivity index (χ1v) is 9.34. The molecule has 5 rings (SSSR count). The van der Waals surface area contributed by atoms with Crippen molar-refractivity contribution >= 4 is 42.3 Å². The van der Waals surface area contributed by atoms with E-state index < -0.39 is 0 Å². The lowest BCUT2D eigenvalue weighted by Crippen LogP contribution is -2.30. The van der Waals surface area contributed by atoms with Gasteiger partial charge in [-0.3, -0.25) is 0 Å². The van der Waals surface area contributed by atoms with Crippen LogP contribution in [0, 0.1) is 6.92 Å². The molecule has 0 atom stereocenters. The summed E-state index contributed by atoms with van der Waals surface area (Å²) in [6.45, 7) is 2.20. The number of hydrogen-bond acceptors (Lipinski definition) is 1. The minimum atomic E-state index is 1.30. The molecule has 25 heavy (non-hydrogen) atoms. The molecule has 2 heteroatoms. The van der Waals surface area contributed by atoms with Gasteiger partial charge in [-0.2, -0.15) is 0 Å². The van der Waals surface area contributed by atoms with E-state index in [9.17, 15) is 0 Å². The monoisotopic (exact) mass is 340 g/mol. The van der Waals surface area contributed by atoms with Crippen molar-refractivity contribution in [1.82, 2.24) is 0 Å². The SMILES string of the molecule is Cc1ccccc1-c1c2c(cc[n+]1C)sc1ccc3ccccc3c12. The van der Waals surface area contributed by atoms with Gasteiger partial charge in [0.2, 0.25) is 5.69 Å². The zero-order valence-electron chi connectivity index (χ0n) is 14.3. The van der Waals surface area contributed by atoms with Crippen LogP contribution in [0.2, 0.25) is 0 Å². The van der Waals surface area contributed by atoms with Gasteiger partial charge in [0.05, 0.1) is 5.39 Å². The third kappa shape index (κ3) is 2.11. The number of rotatable bonds is 1. The molecule has 0 amide bonds. The standard InChI is InChI=1S/C23H18NS/c1-15-7-3-5-9-17(15)23-22-20(13-14-24(23)2)25-19-12-11-16-8-4-6-10-18(16)21(19)22/h3-14H,1-2H3/q+1. The number of aromatic nitrogens is 1. The van der Waals surface area contributed by atoms with Crippen LogP contribution in [0.15, 0.2) is 72.9 Å². The third-order valence-electron chi connectivity index (χ3n) is 5.05. The van der Waals surface area contributed by atoms with E-state index in [0.29, 0.717) is 0 Å². The molecule has 5 aromatic rings. The van der Waals surface area contributed by atoms with Crippen LogP contribution in [0.4, 0.5) is 0 Å². The molecule has 2 heterocycles. The minimum absolute atomic E-state index is 1.30. The molecule has 0 aliphatic carbocycles. The summed E-state index contributed by atoms with van der Waals surface area (Å²) < 4.78 is 4.97. The average Bonchev–Trinajstić information content (AvgIpc) is 3.02. The van der Waals surface area contributed by atoms with E-state index in [-0.39, 0.29) is 0 Å². The number of pyridine rings is 1. The Morgan fingerprint density at radius 3 is 2.40 bits per heavy atom. The molecule has 3 aromatic carbocycles.